The maximum atomic E-state index is 13.1. The summed E-state index contributed by atoms with van der Waals surface area (Å²) < 4.78 is 37.5. The van der Waals surface area contributed by atoms with E-state index in [0.717, 1.165) is 6.26 Å². The molecule has 1 heterocycles. The Hall–Kier alpha value is -1.55. The molecule has 0 aliphatic carbocycles. The number of hydrogen-bond donors (Lipinski definition) is 3. The summed E-state index contributed by atoms with van der Waals surface area (Å²) in [6.45, 7) is -0.711. The van der Waals surface area contributed by atoms with Gasteiger partial charge >= 0.3 is 0 Å². The van der Waals surface area contributed by atoms with E-state index < -0.39 is 34.1 Å². The molecule has 1 amide bonds. The molecule has 0 unspecified atom stereocenters. The van der Waals surface area contributed by atoms with Crippen LogP contribution in [0.3, 0.4) is 0 Å². The van der Waals surface area contributed by atoms with Crippen molar-refractivity contribution in [2.75, 3.05) is 25.9 Å². The molecule has 7 nitrogen and oxygen atoms in total. The van der Waals surface area contributed by atoms with Crippen LogP contribution in [0.5, 0.6) is 0 Å². The smallest absolute Gasteiger partial charge is 0.227 e. The van der Waals surface area contributed by atoms with E-state index in [4.69, 9.17) is 0 Å². The summed E-state index contributed by atoms with van der Waals surface area (Å²) in [5.74, 6) is -0.837. The number of benzene rings is 1. The molecule has 0 radical (unpaired) electrons. The molecular weight excluding hydrogens is 327 g/mol. The van der Waals surface area contributed by atoms with E-state index in [0.29, 0.717) is 5.56 Å². The van der Waals surface area contributed by atoms with Gasteiger partial charge in [-0.1, -0.05) is 12.1 Å². The lowest BCUT2D eigenvalue weighted by atomic mass is 10.0. The van der Waals surface area contributed by atoms with Crippen molar-refractivity contribution >= 4 is 15.9 Å². The van der Waals surface area contributed by atoms with Gasteiger partial charge in [-0.25, -0.2) is 17.5 Å². The van der Waals surface area contributed by atoms with Crippen LogP contribution in [0.2, 0.25) is 0 Å². The van der Waals surface area contributed by atoms with Crippen LogP contribution in [0, 0.1) is 5.82 Å². The molecule has 1 aromatic rings. The number of carbonyl (C=O) groups excluding carboxylic acids is 1. The third-order valence-corrected chi connectivity index (χ3v) is 4.38. The topological polar surface area (TPSA) is 107 Å². The average Bonchev–Trinajstić information content (AvgIpc) is 2.73. The van der Waals surface area contributed by atoms with Gasteiger partial charge in [0.05, 0.1) is 19.2 Å². The molecule has 2 atom stereocenters. The molecule has 1 aliphatic rings. The highest BCUT2D eigenvalue weighted by Gasteiger charge is 2.46. The van der Waals surface area contributed by atoms with Crippen molar-refractivity contribution in [3.8, 4) is 0 Å². The van der Waals surface area contributed by atoms with E-state index in [1.54, 1.807) is 6.07 Å². The summed E-state index contributed by atoms with van der Waals surface area (Å²) in [6.07, 6.45) is -0.404. The second-order valence-corrected chi connectivity index (χ2v) is 7.63. The first-order valence-electron chi connectivity index (χ1n) is 6.96. The van der Waals surface area contributed by atoms with E-state index in [2.05, 4.69) is 4.72 Å². The van der Waals surface area contributed by atoms with E-state index in [9.17, 15) is 27.8 Å². The predicted octanol–water partition coefficient (Wildman–Crippen LogP) is -1.15. The number of nitrogens with zero attached hydrogens (tertiary/aromatic N) is 1. The molecule has 1 aromatic carbocycles. The van der Waals surface area contributed by atoms with Gasteiger partial charge in [0, 0.05) is 13.1 Å². The fourth-order valence-electron chi connectivity index (χ4n) is 2.43. The van der Waals surface area contributed by atoms with Gasteiger partial charge in [-0.3, -0.25) is 4.79 Å². The number of aliphatic hydroxyl groups is 2. The fraction of sp³-hybridized carbons (Fsp3) is 0.500. The molecule has 0 bridgehead atoms. The van der Waals surface area contributed by atoms with E-state index in [-0.39, 0.29) is 25.4 Å². The minimum atomic E-state index is -3.53. The first kappa shape index (κ1) is 17.8. The van der Waals surface area contributed by atoms with Crippen molar-refractivity contribution in [2.24, 2.45) is 0 Å². The van der Waals surface area contributed by atoms with Crippen LogP contribution in [-0.2, 0) is 21.2 Å². The van der Waals surface area contributed by atoms with Gasteiger partial charge in [-0.2, -0.15) is 0 Å². The summed E-state index contributed by atoms with van der Waals surface area (Å²) >= 11 is 0. The van der Waals surface area contributed by atoms with Crippen LogP contribution in [0.25, 0.3) is 0 Å². The van der Waals surface area contributed by atoms with Gasteiger partial charge in [0.1, 0.15) is 17.5 Å². The lowest BCUT2D eigenvalue weighted by Crippen LogP contribution is -2.51. The molecule has 23 heavy (non-hydrogen) atoms. The number of likely N-dealkylation sites (tertiary alicyclic amines) is 1. The van der Waals surface area contributed by atoms with Gasteiger partial charge in [-0.05, 0) is 17.7 Å². The number of aliphatic hydroxyl groups excluding tert-OH is 1. The maximum absolute atomic E-state index is 13.1. The highest BCUT2D eigenvalue weighted by Crippen LogP contribution is 2.22. The van der Waals surface area contributed by atoms with Crippen LogP contribution in [0.15, 0.2) is 24.3 Å². The van der Waals surface area contributed by atoms with Gasteiger partial charge < -0.3 is 15.1 Å². The summed E-state index contributed by atoms with van der Waals surface area (Å²) in [7, 11) is -3.53. The second kappa shape index (κ2) is 6.52. The van der Waals surface area contributed by atoms with Crippen molar-refractivity contribution in [3.05, 3.63) is 35.6 Å². The van der Waals surface area contributed by atoms with E-state index >= 15 is 0 Å². The SMILES string of the molecule is CS(=O)(=O)NC[C@]1(O)CN(C(=O)Cc2cccc(F)c2)C[C@H]1O. The Labute approximate surface area is 133 Å². The van der Waals surface area contributed by atoms with Crippen LogP contribution < -0.4 is 4.72 Å². The number of rotatable bonds is 5. The normalized spacial score (nSPS) is 24.9. The standard InChI is InChI=1S/C14H19FN2O5S/c1-23(21,22)16-8-14(20)9-17(7-12(14)18)13(19)6-10-3-2-4-11(15)5-10/h2-5,12,16,18,20H,6-9H2,1H3/t12-,14+/m1/s1. The number of halogens is 1. The zero-order chi connectivity index (χ0) is 17.3. The Bertz CT molecular complexity index is 696. The van der Waals surface area contributed by atoms with E-state index in [1.807, 2.05) is 0 Å². The first-order chi connectivity index (χ1) is 10.6. The van der Waals surface area contributed by atoms with Gasteiger partial charge in [0.25, 0.3) is 0 Å². The van der Waals surface area contributed by atoms with E-state index in [1.165, 1.54) is 23.1 Å². The molecule has 1 saturated heterocycles. The summed E-state index contributed by atoms with van der Waals surface area (Å²) in [5.41, 5.74) is -1.27. The van der Waals surface area contributed by atoms with Crippen molar-refractivity contribution in [3.63, 3.8) is 0 Å². The highest BCUT2D eigenvalue weighted by molar-refractivity contribution is 7.88. The summed E-state index contributed by atoms with van der Waals surface area (Å²) in [6, 6.07) is 5.60. The number of β-amino-alcohol motifs (C(OH)–C–C–N with tert-alkyl or cyclic N) is 2. The third kappa shape index (κ3) is 4.71. The largest absolute Gasteiger partial charge is 0.388 e. The molecule has 2 rings (SSSR count). The molecular formula is C14H19FN2O5S. The quantitative estimate of drug-likeness (QED) is 0.624. The minimum Gasteiger partial charge on any atom is -0.388 e. The fourth-order valence-corrected chi connectivity index (χ4v) is 2.94. The van der Waals surface area contributed by atoms with Crippen molar-refractivity contribution in [2.45, 2.75) is 18.1 Å². The van der Waals surface area contributed by atoms with Gasteiger partial charge in [0.15, 0.2) is 0 Å². The molecule has 0 aromatic heterocycles. The number of carbonyl (C=O) groups is 1. The Morgan fingerprint density at radius 1 is 1.52 bits per heavy atom. The van der Waals surface area contributed by atoms with Crippen molar-refractivity contribution in [1.29, 1.82) is 0 Å². The zero-order valence-corrected chi connectivity index (χ0v) is 13.4. The minimum absolute atomic E-state index is 0.0694. The molecule has 9 heteroatoms. The van der Waals surface area contributed by atoms with Crippen molar-refractivity contribution < 1.29 is 27.8 Å². The van der Waals surface area contributed by atoms with Crippen LogP contribution >= 0.6 is 0 Å². The Morgan fingerprint density at radius 3 is 2.83 bits per heavy atom. The molecule has 128 valence electrons. The number of sulfonamides is 1. The maximum Gasteiger partial charge on any atom is 0.227 e. The Kier molecular flexibility index (Phi) is 5.04. The Morgan fingerprint density at radius 2 is 2.22 bits per heavy atom. The van der Waals surface area contributed by atoms with Gasteiger partial charge in [0.2, 0.25) is 15.9 Å². The Balaban J connectivity index is 2.01. The van der Waals surface area contributed by atoms with Gasteiger partial charge in [-0.15, -0.1) is 0 Å². The summed E-state index contributed by atoms with van der Waals surface area (Å²) in [5, 5.41) is 20.3. The van der Waals surface area contributed by atoms with Crippen LogP contribution in [-0.4, -0.2) is 67.0 Å². The molecule has 1 aliphatic heterocycles. The molecule has 3 N–H and O–H groups in total. The highest BCUT2D eigenvalue weighted by atomic mass is 32.2. The van der Waals surface area contributed by atoms with Crippen LogP contribution in [0.1, 0.15) is 5.56 Å². The molecule has 1 fully saturated rings. The second-order valence-electron chi connectivity index (χ2n) is 5.79. The third-order valence-electron chi connectivity index (χ3n) is 3.72. The monoisotopic (exact) mass is 346 g/mol. The van der Waals surface area contributed by atoms with Crippen molar-refractivity contribution in [1.82, 2.24) is 9.62 Å². The predicted molar refractivity (Wildman–Crippen MR) is 80.5 cm³/mol. The molecule has 0 spiro atoms. The first-order valence-corrected chi connectivity index (χ1v) is 8.85. The van der Waals surface area contributed by atoms with Crippen LogP contribution in [0.4, 0.5) is 4.39 Å². The zero-order valence-electron chi connectivity index (χ0n) is 12.6. The summed E-state index contributed by atoms with van der Waals surface area (Å²) in [4.78, 5) is 13.4. The lowest BCUT2D eigenvalue weighted by molar-refractivity contribution is -0.130. The average molecular weight is 346 g/mol. The number of hydrogen-bond acceptors (Lipinski definition) is 5. The lowest BCUT2D eigenvalue weighted by Gasteiger charge is -2.25. The number of nitrogens with one attached hydrogen (secondary N) is 1. The molecule has 0 saturated carbocycles. The number of amides is 1.